The summed E-state index contributed by atoms with van der Waals surface area (Å²) in [5.41, 5.74) is 4.23. The number of rotatable bonds is 8. The van der Waals surface area contributed by atoms with E-state index in [9.17, 15) is 4.79 Å². The molecule has 2 aromatic carbocycles. The van der Waals surface area contributed by atoms with Crippen LogP contribution in [0, 0.1) is 13.8 Å². The van der Waals surface area contributed by atoms with Crippen molar-refractivity contribution in [1.29, 1.82) is 0 Å². The van der Waals surface area contributed by atoms with Crippen LogP contribution in [0.25, 0.3) is 17.3 Å². The first-order valence-electron chi connectivity index (χ1n) is 11.1. The Hall–Kier alpha value is -3.89. The smallest absolute Gasteiger partial charge is 0.275 e. The number of thioether (sulfide) groups is 1. The van der Waals surface area contributed by atoms with Gasteiger partial charge in [-0.1, -0.05) is 30.0 Å². The molecular formula is C26H23N5O3S2. The first kappa shape index (κ1) is 23.8. The number of benzene rings is 2. The lowest BCUT2D eigenvalue weighted by Crippen LogP contribution is -2.12. The van der Waals surface area contributed by atoms with Gasteiger partial charge in [0.15, 0.2) is 10.9 Å². The summed E-state index contributed by atoms with van der Waals surface area (Å²) in [5.74, 6) is 2.14. The number of carbonyl (C=O) groups excluding carboxylic acids is 1. The molecule has 1 amide bonds. The van der Waals surface area contributed by atoms with Crippen LogP contribution in [0.1, 0.15) is 26.6 Å². The van der Waals surface area contributed by atoms with Gasteiger partial charge in [0, 0.05) is 11.1 Å². The van der Waals surface area contributed by atoms with Crippen molar-refractivity contribution in [1.82, 2.24) is 19.7 Å². The van der Waals surface area contributed by atoms with Crippen molar-refractivity contribution in [3.05, 3.63) is 88.1 Å². The molecule has 5 aromatic rings. The summed E-state index contributed by atoms with van der Waals surface area (Å²) in [7, 11) is 1.63. The molecule has 0 saturated carbocycles. The second-order valence-electron chi connectivity index (χ2n) is 7.96. The van der Waals surface area contributed by atoms with Crippen molar-refractivity contribution < 1.29 is 13.9 Å². The SMILES string of the molecule is COc1ccccc1-n1c(SCc2nc(C(=O)Nc3ccc(C)c(C)c3)cs2)nnc1-c1ccco1. The molecule has 1 N–H and O–H groups in total. The molecule has 3 heterocycles. The fourth-order valence-corrected chi connectivity index (χ4v) is 5.32. The highest BCUT2D eigenvalue weighted by molar-refractivity contribution is 7.98. The van der Waals surface area contributed by atoms with Crippen LogP contribution in [0.2, 0.25) is 0 Å². The van der Waals surface area contributed by atoms with Crippen LogP contribution in [0.3, 0.4) is 0 Å². The molecule has 0 unspecified atom stereocenters. The molecule has 0 spiro atoms. The van der Waals surface area contributed by atoms with Crippen molar-refractivity contribution in [2.45, 2.75) is 24.8 Å². The molecule has 182 valence electrons. The Labute approximate surface area is 216 Å². The molecule has 0 fully saturated rings. The third-order valence-electron chi connectivity index (χ3n) is 5.57. The lowest BCUT2D eigenvalue weighted by molar-refractivity contribution is 0.102. The number of amides is 1. The minimum atomic E-state index is -0.233. The standard InChI is InChI=1S/C26H23N5O3S2/c1-16-10-11-18(13-17(16)2)27-25(32)19-14-35-23(28-19)15-36-26-30-29-24(22-9-6-12-34-22)31(26)20-7-4-5-8-21(20)33-3/h4-14H,15H2,1-3H3,(H,27,32). The van der Waals surface area contributed by atoms with Gasteiger partial charge in [0.2, 0.25) is 5.82 Å². The summed E-state index contributed by atoms with van der Waals surface area (Å²) >= 11 is 2.91. The number of para-hydroxylation sites is 2. The largest absolute Gasteiger partial charge is 0.495 e. The minimum absolute atomic E-state index is 0.233. The quantitative estimate of drug-likeness (QED) is 0.247. The average molecular weight is 518 g/mol. The van der Waals surface area contributed by atoms with Crippen LogP contribution >= 0.6 is 23.1 Å². The highest BCUT2D eigenvalue weighted by Gasteiger charge is 2.21. The summed E-state index contributed by atoms with van der Waals surface area (Å²) < 4.78 is 13.1. The Kier molecular flexibility index (Phi) is 6.88. The van der Waals surface area contributed by atoms with Gasteiger partial charge in [-0.3, -0.25) is 9.36 Å². The topological polar surface area (TPSA) is 95.1 Å². The van der Waals surface area contributed by atoms with Crippen LogP contribution in [-0.4, -0.2) is 32.8 Å². The molecule has 36 heavy (non-hydrogen) atoms. The van der Waals surface area contributed by atoms with Gasteiger partial charge >= 0.3 is 0 Å². The maximum absolute atomic E-state index is 12.7. The first-order valence-corrected chi connectivity index (χ1v) is 13.0. The number of aromatic nitrogens is 4. The van der Waals surface area contributed by atoms with Gasteiger partial charge in [-0.15, -0.1) is 21.5 Å². The Morgan fingerprint density at radius 3 is 2.75 bits per heavy atom. The number of furan rings is 1. The Morgan fingerprint density at radius 1 is 1.11 bits per heavy atom. The molecule has 0 bridgehead atoms. The third kappa shape index (κ3) is 4.91. The normalized spacial score (nSPS) is 11.0. The van der Waals surface area contributed by atoms with E-state index in [1.54, 1.807) is 18.8 Å². The van der Waals surface area contributed by atoms with Crippen molar-refractivity contribution in [2.24, 2.45) is 0 Å². The van der Waals surface area contributed by atoms with Crippen LogP contribution < -0.4 is 10.1 Å². The second-order valence-corrected chi connectivity index (χ2v) is 9.84. The highest BCUT2D eigenvalue weighted by atomic mass is 32.2. The van der Waals surface area contributed by atoms with E-state index in [0.29, 0.717) is 33.9 Å². The zero-order valence-corrected chi connectivity index (χ0v) is 21.5. The number of nitrogens with one attached hydrogen (secondary N) is 1. The number of anilines is 1. The molecule has 0 aliphatic heterocycles. The van der Waals surface area contributed by atoms with Crippen LogP contribution in [0.4, 0.5) is 5.69 Å². The van der Waals surface area contributed by atoms with Gasteiger partial charge in [-0.05, 0) is 61.4 Å². The Bertz CT molecular complexity index is 1510. The van der Waals surface area contributed by atoms with Crippen LogP contribution in [-0.2, 0) is 5.75 Å². The van der Waals surface area contributed by atoms with E-state index in [0.717, 1.165) is 21.9 Å². The van der Waals surface area contributed by atoms with E-state index in [2.05, 4.69) is 20.5 Å². The molecule has 0 saturated heterocycles. The second kappa shape index (κ2) is 10.4. The zero-order chi connectivity index (χ0) is 25.1. The average Bonchev–Trinajstić information content (AvgIpc) is 3.65. The lowest BCUT2D eigenvalue weighted by Gasteiger charge is -2.12. The number of carbonyl (C=O) groups is 1. The van der Waals surface area contributed by atoms with E-state index < -0.39 is 0 Å². The maximum Gasteiger partial charge on any atom is 0.275 e. The summed E-state index contributed by atoms with van der Waals surface area (Å²) in [6, 6.07) is 17.2. The van der Waals surface area contributed by atoms with E-state index in [1.807, 2.05) is 73.0 Å². The molecule has 0 atom stereocenters. The highest BCUT2D eigenvalue weighted by Crippen LogP contribution is 2.34. The fourth-order valence-electron chi connectivity index (χ4n) is 3.58. The monoisotopic (exact) mass is 517 g/mol. The minimum Gasteiger partial charge on any atom is -0.495 e. The predicted octanol–water partition coefficient (Wildman–Crippen LogP) is 6.15. The zero-order valence-electron chi connectivity index (χ0n) is 19.9. The van der Waals surface area contributed by atoms with Crippen molar-refractivity contribution in [3.63, 3.8) is 0 Å². The molecule has 10 heteroatoms. The van der Waals surface area contributed by atoms with E-state index in [4.69, 9.17) is 9.15 Å². The molecule has 5 rings (SSSR count). The molecule has 8 nitrogen and oxygen atoms in total. The van der Waals surface area contributed by atoms with Crippen molar-refractivity contribution in [3.8, 4) is 23.0 Å². The maximum atomic E-state index is 12.7. The van der Waals surface area contributed by atoms with Crippen molar-refractivity contribution in [2.75, 3.05) is 12.4 Å². The van der Waals surface area contributed by atoms with E-state index >= 15 is 0 Å². The molecule has 3 aromatic heterocycles. The number of nitrogens with zero attached hydrogens (tertiary/aromatic N) is 4. The number of ether oxygens (including phenoxy) is 1. The summed E-state index contributed by atoms with van der Waals surface area (Å²) in [6.07, 6.45) is 1.60. The van der Waals surface area contributed by atoms with Gasteiger partial charge in [0.25, 0.3) is 5.91 Å². The fraction of sp³-hybridized carbons (Fsp3) is 0.154. The Morgan fingerprint density at radius 2 is 1.97 bits per heavy atom. The summed E-state index contributed by atoms with van der Waals surface area (Å²) in [4.78, 5) is 17.3. The van der Waals surface area contributed by atoms with E-state index in [-0.39, 0.29) is 5.91 Å². The molecule has 0 radical (unpaired) electrons. The number of hydrogen-bond donors (Lipinski definition) is 1. The number of methoxy groups -OCH3 is 1. The molecule has 0 aliphatic carbocycles. The molecule has 0 aliphatic rings. The van der Waals surface area contributed by atoms with Gasteiger partial charge < -0.3 is 14.5 Å². The van der Waals surface area contributed by atoms with Gasteiger partial charge in [-0.2, -0.15) is 0 Å². The predicted molar refractivity (Wildman–Crippen MR) is 141 cm³/mol. The van der Waals surface area contributed by atoms with E-state index in [1.165, 1.54) is 28.7 Å². The van der Waals surface area contributed by atoms with Gasteiger partial charge in [0.05, 0.1) is 24.8 Å². The summed E-state index contributed by atoms with van der Waals surface area (Å²) in [6.45, 7) is 4.06. The van der Waals surface area contributed by atoms with Gasteiger partial charge in [0.1, 0.15) is 16.5 Å². The van der Waals surface area contributed by atoms with Crippen LogP contribution in [0.5, 0.6) is 5.75 Å². The van der Waals surface area contributed by atoms with Crippen LogP contribution in [0.15, 0.2) is 75.8 Å². The van der Waals surface area contributed by atoms with Gasteiger partial charge in [-0.25, -0.2) is 4.98 Å². The van der Waals surface area contributed by atoms with Crippen molar-refractivity contribution >= 4 is 34.7 Å². The third-order valence-corrected chi connectivity index (χ3v) is 7.55. The first-order chi connectivity index (χ1) is 17.5. The molecular weight excluding hydrogens is 494 g/mol. The number of hydrogen-bond acceptors (Lipinski definition) is 8. The Balaban J connectivity index is 1.36. The summed E-state index contributed by atoms with van der Waals surface area (Å²) in [5, 5.41) is 14.9. The number of thiazole rings is 1. The number of aryl methyl sites for hydroxylation is 2. The lowest BCUT2D eigenvalue weighted by atomic mass is 10.1.